The molecule has 0 aromatic heterocycles. The zero-order valence-electron chi connectivity index (χ0n) is 29.1. The molecule has 52 heavy (non-hydrogen) atoms. The first-order valence-electron chi connectivity index (χ1n) is 17.1. The van der Waals surface area contributed by atoms with Crippen molar-refractivity contribution in [2.75, 3.05) is 19.8 Å². The van der Waals surface area contributed by atoms with Crippen molar-refractivity contribution in [3.63, 3.8) is 0 Å². The summed E-state index contributed by atoms with van der Waals surface area (Å²) in [4.78, 5) is 51.5. The van der Waals surface area contributed by atoms with Crippen molar-refractivity contribution in [2.45, 2.75) is 75.8 Å². The van der Waals surface area contributed by atoms with Crippen LogP contribution in [-0.2, 0) is 47.5 Å². The molecule has 8 atom stereocenters. The zero-order valence-corrected chi connectivity index (χ0v) is 29.1. The van der Waals surface area contributed by atoms with Crippen molar-refractivity contribution in [1.82, 2.24) is 10.6 Å². The van der Waals surface area contributed by atoms with Crippen LogP contribution >= 0.6 is 0 Å². The summed E-state index contributed by atoms with van der Waals surface area (Å²) in [7, 11) is 0. The van der Waals surface area contributed by atoms with E-state index < -0.39 is 73.0 Å². The molecule has 2 amide bonds. The molecule has 274 valence electrons. The minimum Gasteiger partial charge on any atom is -0.460 e. The van der Waals surface area contributed by atoms with Gasteiger partial charge in [-0.05, 0) is 29.2 Å². The number of hydrogen-bond donors (Lipinski definition) is 2. The maximum atomic E-state index is 13.3. The van der Waals surface area contributed by atoms with Gasteiger partial charge >= 0.3 is 18.0 Å². The number of fused-ring (bicyclic) bond motifs is 4. The van der Waals surface area contributed by atoms with Crippen LogP contribution in [0.15, 0.2) is 91.5 Å². The number of nitrogens with one attached hydrogen (secondary N) is 2. The van der Waals surface area contributed by atoms with E-state index in [1.54, 1.807) is 0 Å². The van der Waals surface area contributed by atoms with Gasteiger partial charge in [-0.3, -0.25) is 9.59 Å². The standard InChI is InChI=1S/C39H42N2O11/c1-5-19-46-36(44)32(41-39(45)48-20-30-28-17-11-9-15-26(28)27-16-10-12-18-29(27)30)22(2)49-38-33(40-23(3)42)35(50-24(4)43)34-31(51-38)21-47-37(52-34)25-13-7-6-8-14-25/h5-18,22,30-35,37-38H,1,19-21H2,2-4H3,(H,40,42)(H,41,45)/t22-,31?,32+,33+,34+,35-,37?,38+/m1/s1. The lowest BCUT2D eigenvalue weighted by molar-refractivity contribution is -0.349. The lowest BCUT2D eigenvalue weighted by Gasteiger charge is -2.49. The van der Waals surface area contributed by atoms with Gasteiger partial charge in [0, 0.05) is 25.3 Å². The molecule has 6 rings (SSSR count). The summed E-state index contributed by atoms with van der Waals surface area (Å²) >= 11 is 0. The number of hydrogen-bond acceptors (Lipinski definition) is 11. The summed E-state index contributed by atoms with van der Waals surface area (Å²) in [5, 5.41) is 5.36. The molecule has 2 heterocycles. The average Bonchev–Trinajstić information content (AvgIpc) is 3.46. The number of carbonyl (C=O) groups is 4. The predicted octanol–water partition coefficient (Wildman–Crippen LogP) is 4.30. The largest absolute Gasteiger partial charge is 0.460 e. The van der Waals surface area contributed by atoms with Gasteiger partial charge in [0.05, 0.1) is 12.7 Å². The predicted molar refractivity (Wildman–Crippen MR) is 186 cm³/mol. The molecule has 0 spiro atoms. The lowest BCUT2D eigenvalue weighted by Crippen LogP contribution is -2.68. The van der Waals surface area contributed by atoms with Crippen LogP contribution in [0, 0.1) is 0 Å². The van der Waals surface area contributed by atoms with Crippen molar-refractivity contribution >= 4 is 23.9 Å². The van der Waals surface area contributed by atoms with Gasteiger partial charge in [-0.2, -0.15) is 0 Å². The Kier molecular flexibility index (Phi) is 11.7. The Balaban J connectivity index is 1.19. The number of rotatable bonds is 12. The van der Waals surface area contributed by atoms with Gasteiger partial charge in [0.15, 0.2) is 24.7 Å². The van der Waals surface area contributed by atoms with E-state index >= 15 is 0 Å². The molecular formula is C39H42N2O11. The number of benzene rings is 3. The van der Waals surface area contributed by atoms with Crippen LogP contribution in [0.2, 0.25) is 0 Å². The summed E-state index contributed by atoms with van der Waals surface area (Å²) in [5.74, 6) is -2.12. The first-order valence-corrected chi connectivity index (χ1v) is 17.1. The van der Waals surface area contributed by atoms with Gasteiger partial charge in [0.25, 0.3) is 0 Å². The Morgan fingerprint density at radius 1 is 0.904 bits per heavy atom. The van der Waals surface area contributed by atoms with Gasteiger partial charge in [-0.15, -0.1) is 0 Å². The molecule has 2 unspecified atom stereocenters. The van der Waals surface area contributed by atoms with E-state index in [1.807, 2.05) is 78.9 Å². The SMILES string of the molecule is C=CCOC(=O)[C@@H](NC(=O)OCC1c2ccccc2-c2ccccc21)[C@@H](C)O[C@H]1OC2COC(c3ccccc3)O[C@@H]2[C@H](OC(C)=O)[C@@H]1NC(C)=O. The van der Waals surface area contributed by atoms with Crippen LogP contribution < -0.4 is 10.6 Å². The Bertz CT molecular complexity index is 1720. The molecule has 13 heteroatoms. The molecule has 3 aromatic rings. The van der Waals surface area contributed by atoms with Crippen LogP contribution in [0.5, 0.6) is 0 Å². The molecule has 3 aliphatic rings. The fourth-order valence-electron chi connectivity index (χ4n) is 6.84. The highest BCUT2D eigenvalue weighted by atomic mass is 16.8. The van der Waals surface area contributed by atoms with Crippen LogP contribution in [0.25, 0.3) is 11.1 Å². The molecule has 3 aromatic carbocycles. The molecule has 0 saturated carbocycles. The second kappa shape index (κ2) is 16.5. The molecule has 1 aliphatic carbocycles. The summed E-state index contributed by atoms with van der Waals surface area (Å²) in [6.07, 6.45) is -5.41. The van der Waals surface area contributed by atoms with E-state index in [-0.39, 0.29) is 25.7 Å². The zero-order chi connectivity index (χ0) is 36.8. The summed E-state index contributed by atoms with van der Waals surface area (Å²) in [5.41, 5.74) is 4.94. The Hall–Kier alpha value is -5.08. The maximum Gasteiger partial charge on any atom is 0.407 e. The van der Waals surface area contributed by atoms with E-state index in [1.165, 1.54) is 26.8 Å². The van der Waals surface area contributed by atoms with Crippen LogP contribution in [0.1, 0.15) is 49.7 Å². The second-order valence-electron chi connectivity index (χ2n) is 12.7. The highest BCUT2D eigenvalue weighted by Gasteiger charge is 2.53. The second-order valence-corrected chi connectivity index (χ2v) is 12.7. The van der Waals surface area contributed by atoms with Crippen LogP contribution in [0.4, 0.5) is 4.79 Å². The third-order valence-electron chi connectivity index (χ3n) is 9.12. The summed E-state index contributed by atoms with van der Waals surface area (Å²) < 4.78 is 41.5. The monoisotopic (exact) mass is 714 g/mol. The Labute approximate surface area is 301 Å². The van der Waals surface area contributed by atoms with E-state index in [4.69, 9.17) is 33.2 Å². The highest BCUT2D eigenvalue weighted by Crippen LogP contribution is 2.44. The van der Waals surface area contributed by atoms with Crippen LogP contribution in [-0.4, -0.2) is 86.5 Å². The third kappa shape index (κ3) is 8.18. The van der Waals surface area contributed by atoms with Gasteiger partial charge in [0.1, 0.15) is 31.5 Å². The molecule has 2 saturated heterocycles. The number of ether oxygens (including phenoxy) is 7. The topological polar surface area (TPSA) is 157 Å². The molecule has 13 nitrogen and oxygen atoms in total. The van der Waals surface area contributed by atoms with Gasteiger partial charge < -0.3 is 43.8 Å². The molecule has 0 radical (unpaired) electrons. The average molecular weight is 715 g/mol. The maximum absolute atomic E-state index is 13.3. The number of amides is 2. The smallest absolute Gasteiger partial charge is 0.407 e. The fraction of sp³-hybridized carbons (Fsp3) is 0.385. The number of esters is 2. The van der Waals surface area contributed by atoms with Crippen molar-refractivity contribution < 1.29 is 52.3 Å². The van der Waals surface area contributed by atoms with E-state index in [0.29, 0.717) is 0 Å². The van der Waals surface area contributed by atoms with Crippen LogP contribution in [0.3, 0.4) is 0 Å². The molecular weight excluding hydrogens is 672 g/mol. The van der Waals surface area contributed by atoms with E-state index in [2.05, 4.69) is 17.2 Å². The quantitative estimate of drug-likeness (QED) is 0.157. The minimum absolute atomic E-state index is 0.0109. The minimum atomic E-state index is -1.39. The van der Waals surface area contributed by atoms with Gasteiger partial charge in [-0.25, -0.2) is 9.59 Å². The third-order valence-corrected chi connectivity index (χ3v) is 9.12. The summed E-state index contributed by atoms with van der Waals surface area (Å²) in [6, 6.07) is 22.6. The molecule has 2 aliphatic heterocycles. The normalized spacial score (nSPS) is 24.5. The Morgan fingerprint density at radius 2 is 1.56 bits per heavy atom. The van der Waals surface area contributed by atoms with E-state index in [9.17, 15) is 19.2 Å². The van der Waals surface area contributed by atoms with Gasteiger partial charge in [0.2, 0.25) is 5.91 Å². The van der Waals surface area contributed by atoms with Crippen molar-refractivity contribution in [2.24, 2.45) is 0 Å². The van der Waals surface area contributed by atoms with E-state index in [0.717, 1.165) is 27.8 Å². The molecule has 2 fully saturated rings. The first-order chi connectivity index (χ1) is 25.1. The van der Waals surface area contributed by atoms with Crippen molar-refractivity contribution in [1.29, 1.82) is 0 Å². The molecule has 0 bridgehead atoms. The Morgan fingerprint density at radius 3 is 2.19 bits per heavy atom. The van der Waals surface area contributed by atoms with Gasteiger partial charge in [-0.1, -0.05) is 91.5 Å². The summed E-state index contributed by atoms with van der Waals surface area (Å²) in [6.45, 7) is 7.57. The highest BCUT2D eigenvalue weighted by molar-refractivity contribution is 5.82. The molecule has 2 N–H and O–H groups in total. The first kappa shape index (κ1) is 36.7. The number of alkyl carbamates (subject to hydrolysis) is 1. The lowest BCUT2D eigenvalue weighted by atomic mass is 9.95. The van der Waals surface area contributed by atoms with Crippen molar-refractivity contribution in [3.8, 4) is 11.1 Å². The van der Waals surface area contributed by atoms with Crippen molar-refractivity contribution in [3.05, 3.63) is 108 Å². The number of carbonyl (C=O) groups excluding carboxylic acids is 4. The fourth-order valence-corrected chi connectivity index (χ4v) is 6.84.